The molecular weight excluding hydrogens is 292 g/mol. The molecule has 0 spiro atoms. The van der Waals surface area contributed by atoms with Gasteiger partial charge in [-0.15, -0.1) is 0 Å². The van der Waals surface area contributed by atoms with Crippen LogP contribution >= 0.6 is 15.9 Å². The molecule has 1 N–H and O–H groups in total. The van der Waals surface area contributed by atoms with Gasteiger partial charge in [-0.1, -0.05) is 28.1 Å². The molecule has 0 atom stereocenters. The zero-order valence-electron chi connectivity index (χ0n) is 10.2. The third kappa shape index (κ3) is 2.46. The Morgan fingerprint density at radius 3 is 2.50 bits per heavy atom. The number of aryl methyl sites for hydroxylation is 1. The summed E-state index contributed by atoms with van der Waals surface area (Å²) in [5.74, 6) is -0.894. The minimum atomic E-state index is -0.894. The van der Waals surface area contributed by atoms with Gasteiger partial charge in [0.25, 0.3) is 0 Å². The van der Waals surface area contributed by atoms with E-state index in [1.54, 1.807) is 12.1 Å². The Bertz CT molecular complexity index is 618. The van der Waals surface area contributed by atoms with Gasteiger partial charge in [0.05, 0.1) is 5.56 Å². The highest BCUT2D eigenvalue weighted by Crippen LogP contribution is 2.29. The molecule has 0 heterocycles. The fourth-order valence-corrected chi connectivity index (χ4v) is 2.34. The molecule has 0 saturated carbocycles. The van der Waals surface area contributed by atoms with E-state index in [0.29, 0.717) is 5.56 Å². The van der Waals surface area contributed by atoms with Gasteiger partial charge in [0, 0.05) is 4.47 Å². The smallest absolute Gasteiger partial charge is 0.335 e. The lowest BCUT2D eigenvalue weighted by atomic mass is 9.94. The van der Waals surface area contributed by atoms with Gasteiger partial charge in [-0.2, -0.15) is 0 Å². The summed E-state index contributed by atoms with van der Waals surface area (Å²) in [5, 5.41) is 9.12. The van der Waals surface area contributed by atoms with Gasteiger partial charge in [0.15, 0.2) is 0 Å². The van der Waals surface area contributed by atoms with Crippen LogP contribution in [-0.4, -0.2) is 11.1 Å². The number of rotatable bonds is 2. The van der Waals surface area contributed by atoms with Crippen LogP contribution in [0, 0.1) is 13.8 Å². The van der Waals surface area contributed by atoms with Crippen molar-refractivity contribution >= 4 is 21.9 Å². The van der Waals surface area contributed by atoms with Crippen LogP contribution < -0.4 is 0 Å². The first kappa shape index (κ1) is 12.8. The van der Waals surface area contributed by atoms with E-state index in [1.165, 1.54) is 0 Å². The largest absolute Gasteiger partial charge is 0.478 e. The van der Waals surface area contributed by atoms with Crippen molar-refractivity contribution in [3.8, 4) is 11.1 Å². The first-order valence-corrected chi connectivity index (χ1v) is 6.39. The molecule has 0 aliphatic carbocycles. The van der Waals surface area contributed by atoms with Crippen molar-refractivity contribution in [1.82, 2.24) is 0 Å². The van der Waals surface area contributed by atoms with Crippen molar-refractivity contribution in [2.75, 3.05) is 0 Å². The molecule has 18 heavy (non-hydrogen) atoms. The molecule has 2 aromatic rings. The molecular formula is C15H13BrO2. The van der Waals surface area contributed by atoms with Crippen LogP contribution in [0.2, 0.25) is 0 Å². The highest BCUT2D eigenvalue weighted by molar-refractivity contribution is 9.10. The quantitative estimate of drug-likeness (QED) is 0.891. The Kier molecular flexibility index (Phi) is 3.53. The zero-order chi connectivity index (χ0) is 13.3. The van der Waals surface area contributed by atoms with Crippen LogP contribution in [0.4, 0.5) is 0 Å². The van der Waals surface area contributed by atoms with E-state index in [9.17, 15) is 4.79 Å². The van der Waals surface area contributed by atoms with Crippen molar-refractivity contribution in [2.45, 2.75) is 13.8 Å². The second-order valence-electron chi connectivity index (χ2n) is 4.28. The van der Waals surface area contributed by atoms with Crippen molar-refractivity contribution in [1.29, 1.82) is 0 Å². The summed E-state index contributed by atoms with van der Waals surface area (Å²) in [4.78, 5) is 11.1. The van der Waals surface area contributed by atoms with Crippen LogP contribution in [0.5, 0.6) is 0 Å². The summed E-state index contributed by atoms with van der Waals surface area (Å²) in [6.45, 7) is 3.94. The first-order valence-electron chi connectivity index (χ1n) is 5.59. The van der Waals surface area contributed by atoms with Gasteiger partial charge in [0.1, 0.15) is 0 Å². The average Bonchev–Trinajstić information content (AvgIpc) is 2.32. The Morgan fingerprint density at radius 1 is 1.17 bits per heavy atom. The van der Waals surface area contributed by atoms with E-state index in [1.807, 2.05) is 38.1 Å². The molecule has 2 aromatic carbocycles. The Labute approximate surface area is 114 Å². The summed E-state index contributed by atoms with van der Waals surface area (Å²) in [6.07, 6.45) is 0. The van der Waals surface area contributed by atoms with Gasteiger partial charge >= 0.3 is 5.97 Å². The monoisotopic (exact) mass is 304 g/mol. The SMILES string of the molecule is Cc1cc(C(=O)O)cc(-c2cccc(Br)c2)c1C. The van der Waals surface area contributed by atoms with E-state index >= 15 is 0 Å². The number of carbonyl (C=O) groups is 1. The van der Waals surface area contributed by atoms with Gasteiger partial charge < -0.3 is 5.11 Å². The minimum absolute atomic E-state index is 0.327. The van der Waals surface area contributed by atoms with Crippen LogP contribution in [-0.2, 0) is 0 Å². The number of benzene rings is 2. The lowest BCUT2D eigenvalue weighted by Gasteiger charge is -2.11. The Balaban J connectivity index is 2.66. The van der Waals surface area contributed by atoms with E-state index in [0.717, 1.165) is 26.7 Å². The topological polar surface area (TPSA) is 37.3 Å². The van der Waals surface area contributed by atoms with Crippen molar-refractivity contribution in [3.05, 3.63) is 57.6 Å². The molecule has 0 amide bonds. The highest BCUT2D eigenvalue weighted by Gasteiger charge is 2.10. The second-order valence-corrected chi connectivity index (χ2v) is 5.20. The predicted molar refractivity (Wildman–Crippen MR) is 76.0 cm³/mol. The van der Waals surface area contributed by atoms with Crippen LogP contribution in [0.25, 0.3) is 11.1 Å². The summed E-state index contributed by atoms with van der Waals surface area (Å²) in [6, 6.07) is 11.3. The van der Waals surface area contributed by atoms with Gasteiger partial charge in [-0.3, -0.25) is 0 Å². The number of carboxylic acid groups (broad SMARTS) is 1. The summed E-state index contributed by atoms with van der Waals surface area (Å²) >= 11 is 3.43. The molecule has 0 saturated heterocycles. The summed E-state index contributed by atoms with van der Waals surface area (Å²) in [5.41, 5.74) is 4.41. The number of hydrogen-bond donors (Lipinski definition) is 1. The number of aromatic carboxylic acids is 1. The standard InChI is InChI=1S/C15H13BrO2/c1-9-6-12(15(17)18)8-14(10(9)2)11-4-3-5-13(16)7-11/h3-8H,1-2H3,(H,17,18). The molecule has 0 aromatic heterocycles. The molecule has 0 aliphatic rings. The number of hydrogen-bond acceptors (Lipinski definition) is 1. The van der Waals surface area contributed by atoms with Crippen molar-refractivity contribution in [2.24, 2.45) is 0 Å². The maximum Gasteiger partial charge on any atom is 0.335 e. The number of halogens is 1. The maximum atomic E-state index is 11.1. The molecule has 0 radical (unpaired) electrons. The van der Waals surface area contributed by atoms with Crippen LogP contribution in [0.3, 0.4) is 0 Å². The Morgan fingerprint density at radius 2 is 1.89 bits per heavy atom. The Hall–Kier alpha value is -1.61. The number of carboxylic acids is 1. The van der Waals surface area contributed by atoms with E-state index in [4.69, 9.17) is 5.11 Å². The van der Waals surface area contributed by atoms with Crippen LogP contribution in [0.15, 0.2) is 40.9 Å². The van der Waals surface area contributed by atoms with E-state index in [-0.39, 0.29) is 0 Å². The molecule has 92 valence electrons. The molecule has 0 bridgehead atoms. The zero-order valence-corrected chi connectivity index (χ0v) is 11.8. The van der Waals surface area contributed by atoms with Crippen LogP contribution in [0.1, 0.15) is 21.5 Å². The van der Waals surface area contributed by atoms with Gasteiger partial charge in [-0.25, -0.2) is 4.79 Å². The fraction of sp³-hybridized carbons (Fsp3) is 0.133. The summed E-state index contributed by atoms with van der Waals surface area (Å²) < 4.78 is 0.984. The molecule has 0 fully saturated rings. The molecule has 3 heteroatoms. The van der Waals surface area contributed by atoms with E-state index in [2.05, 4.69) is 15.9 Å². The molecule has 2 nitrogen and oxygen atoms in total. The third-order valence-corrected chi connectivity index (χ3v) is 3.54. The minimum Gasteiger partial charge on any atom is -0.478 e. The first-order chi connectivity index (χ1) is 8.49. The molecule has 0 aliphatic heterocycles. The highest BCUT2D eigenvalue weighted by atomic mass is 79.9. The van der Waals surface area contributed by atoms with Gasteiger partial charge in [-0.05, 0) is 60.4 Å². The van der Waals surface area contributed by atoms with Crippen molar-refractivity contribution in [3.63, 3.8) is 0 Å². The normalized spacial score (nSPS) is 10.4. The third-order valence-electron chi connectivity index (χ3n) is 3.05. The van der Waals surface area contributed by atoms with Crippen molar-refractivity contribution < 1.29 is 9.90 Å². The second kappa shape index (κ2) is 4.94. The van der Waals surface area contributed by atoms with Gasteiger partial charge in [0.2, 0.25) is 0 Å². The lowest BCUT2D eigenvalue weighted by molar-refractivity contribution is 0.0697. The molecule has 0 unspecified atom stereocenters. The average molecular weight is 305 g/mol. The fourth-order valence-electron chi connectivity index (χ4n) is 1.94. The summed E-state index contributed by atoms with van der Waals surface area (Å²) in [7, 11) is 0. The molecule has 2 rings (SSSR count). The maximum absolute atomic E-state index is 11.1. The lowest BCUT2D eigenvalue weighted by Crippen LogP contribution is -1.99. The predicted octanol–water partition coefficient (Wildman–Crippen LogP) is 4.43. The van der Waals surface area contributed by atoms with E-state index < -0.39 is 5.97 Å².